The number of hydrogen-bond donors (Lipinski definition) is 2. The molecule has 0 bridgehead atoms. The molecule has 1 rings (SSSR count). The average Bonchev–Trinajstić information content (AvgIpc) is 2.46. The number of anilines is 1. The van der Waals surface area contributed by atoms with Gasteiger partial charge >= 0.3 is 5.97 Å². The lowest BCUT2D eigenvalue weighted by Gasteiger charge is -1.93. The minimum absolute atomic E-state index is 0.110. The minimum atomic E-state index is -0.588. The molecule has 0 aliphatic carbocycles. The highest BCUT2D eigenvalue weighted by Crippen LogP contribution is 2.25. The minimum Gasteiger partial charge on any atom is -0.469 e. The van der Waals surface area contributed by atoms with Crippen LogP contribution in [0.15, 0.2) is 6.07 Å². The number of esters is 1. The van der Waals surface area contributed by atoms with Gasteiger partial charge in [0.2, 0.25) is 0 Å². The predicted molar refractivity (Wildman–Crippen MR) is 53.0 cm³/mol. The molecule has 0 fully saturated rings. The summed E-state index contributed by atoms with van der Waals surface area (Å²) in [6.45, 7) is 0. The van der Waals surface area contributed by atoms with Gasteiger partial charge in [0.1, 0.15) is 0 Å². The fraction of sp³-hybridized carbons (Fsp3) is 0.250. The highest BCUT2D eigenvalue weighted by Gasteiger charge is 2.13. The Morgan fingerprint density at radius 2 is 2.21 bits per heavy atom. The van der Waals surface area contributed by atoms with Crippen molar-refractivity contribution in [2.45, 2.75) is 6.42 Å². The Hall–Kier alpha value is -1.56. The summed E-state index contributed by atoms with van der Waals surface area (Å²) in [7, 11) is 1.30. The van der Waals surface area contributed by atoms with Gasteiger partial charge < -0.3 is 16.2 Å². The standard InChI is InChI=1S/C8H10N2O3S/c1-13-6(11)3-4-2-5(7(9)12)8(10)14-4/h2H,3,10H2,1H3,(H2,9,12). The van der Waals surface area contributed by atoms with Crippen molar-refractivity contribution in [1.82, 2.24) is 0 Å². The van der Waals surface area contributed by atoms with Gasteiger partial charge in [-0.3, -0.25) is 9.59 Å². The molecular formula is C8H10N2O3S. The van der Waals surface area contributed by atoms with E-state index in [-0.39, 0.29) is 18.0 Å². The second kappa shape index (κ2) is 4.10. The third kappa shape index (κ3) is 2.23. The highest BCUT2D eigenvalue weighted by molar-refractivity contribution is 7.16. The van der Waals surface area contributed by atoms with Crippen LogP contribution in [-0.4, -0.2) is 19.0 Å². The maximum atomic E-state index is 10.9. The summed E-state index contributed by atoms with van der Waals surface area (Å²) in [6.07, 6.45) is 0.110. The summed E-state index contributed by atoms with van der Waals surface area (Å²) in [5.41, 5.74) is 10.8. The maximum Gasteiger partial charge on any atom is 0.310 e. The SMILES string of the molecule is COC(=O)Cc1cc(C(N)=O)c(N)s1. The number of nitrogen functional groups attached to an aromatic ring is 1. The Morgan fingerprint density at radius 1 is 1.57 bits per heavy atom. The van der Waals surface area contributed by atoms with Gasteiger partial charge in [-0.2, -0.15) is 0 Å². The molecule has 0 spiro atoms. The Morgan fingerprint density at radius 3 is 2.64 bits per heavy atom. The van der Waals surface area contributed by atoms with Crippen LogP contribution in [0.1, 0.15) is 15.2 Å². The molecule has 0 aromatic carbocycles. The van der Waals surface area contributed by atoms with Gasteiger partial charge in [0.05, 0.1) is 24.1 Å². The number of primary amides is 1. The third-order valence-corrected chi connectivity index (χ3v) is 2.59. The number of nitrogens with two attached hydrogens (primary N) is 2. The van der Waals surface area contributed by atoms with Crippen LogP contribution < -0.4 is 11.5 Å². The molecule has 0 aliphatic rings. The molecule has 4 N–H and O–H groups in total. The van der Waals surface area contributed by atoms with Crippen LogP contribution in [0, 0.1) is 0 Å². The van der Waals surface area contributed by atoms with Crippen molar-refractivity contribution in [2.24, 2.45) is 5.73 Å². The van der Waals surface area contributed by atoms with Crippen LogP contribution in [0.4, 0.5) is 5.00 Å². The lowest BCUT2D eigenvalue weighted by molar-refractivity contribution is -0.139. The number of hydrogen-bond acceptors (Lipinski definition) is 5. The Balaban J connectivity index is 2.86. The largest absolute Gasteiger partial charge is 0.469 e. The second-order valence-corrected chi connectivity index (χ2v) is 3.78. The molecular weight excluding hydrogens is 204 g/mol. The molecule has 1 heterocycles. The van der Waals surface area contributed by atoms with Crippen molar-refractivity contribution >= 4 is 28.2 Å². The molecule has 1 aromatic rings. The van der Waals surface area contributed by atoms with E-state index in [1.54, 1.807) is 0 Å². The first-order valence-corrected chi connectivity index (χ1v) is 4.61. The Bertz CT molecular complexity index is 373. The van der Waals surface area contributed by atoms with Gasteiger partial charge in [-0.1, -0.05) is 0 Å². The van der Waals surface area contributed by atoms with E-state index < -0.39 is 5.91 Å². The van der Waals surface area contributed by atoms with E-state index in [0.29, 0.717) is 9.88 Å². The third-order valence-electron chi connectivity index (χ3n) is 1.62. The molecule has 0 atom stereocenters. The van der Waals surface area contributed by atoms with Crippen LogP contribution in [0.5, 0.6) is 0 Å². The van der Waals surface area contributed by atoms with Crippen molar-refractivity contribution in [2.75, 3.05) is 12.8 Å². The number of carbonyl (C=O) groups excluding carboxylic acids is 2. The van der Waals surface area contributed by atoms with Crippen molar-refractivity contribution < 1.29 is 14.3 Å². The topological polar surface area (TPSA) is 95.4 Å². The van der Waals surface area contributed by atoms with Crippen LogP contribution in [0.25, 0.3) is 0 Å². The number of carbonyl (C=O) groups is 2. The summed E-state index contributed by atoms with van der Waals surface area (Å²) in [5.74, 6) is -0.961. The smallest absolute Gasteiger partial charge is 0.310 e. The molecule has 1 amide bonds. The zero-order chi connectivity index (χ0) is 10.7. The molecule has 0 aliphatic heterocycles. The summed E-state index contributed by atoms with van der Waals surface area (Å²) < 4.78 is 4.47. The van der Waals surface area contributed by atoms with Crippen LogP contribution in [0.3, 0.4) is 0 Å². The van der Waals surface area contributed by atoms with E-state index in [4.69, 9.17) is 11.5 Å². The van der Waals surface area contributed by atoms with Gasteiger partial charge in [0, 0.05) is 4.88 Å². The molecule has 0 radical (unpaired) electrons. The van der Waals surface area contributed by atoms with Crippen LogP contribution in [-0.2, 0) is 16.0 Å². The van der Waals surface area contributed by atoms with Gasteiger partial charge in [-0.15, -0.1) is 11.3 Å². The maximum absolute atomic E-state index is 10.9. The first-order valence-electron chi connectivity index (χ1n) is 3.79. The number of thiophene rings is 1. The Labute approximate surface area is 84.6 Å². The van der Waals surface area contributed by atoms with E-state index in [2.05, 4.69) is 4.74 Å². The average molecular weight is 214 g/mol. The first kappa shape index (κ1) is 10.5. The van der Waals surface area contributed by atoms with E-state index in [0.717, 1.165) is 11.3 Å². The fourth-order valence-electron chi connectivity index (χ4n) is 0.952. The molecule has 0 saturated carbocycles. The summed E-state index contributed by atoms with van der Waals surface area (Å²) in [6, 6.07) is 1.51. The zero-order valence-electron chi connectivity index (χ0n) is 7.57. The van der Waals surface area contributed by atoms with E-state index >= 15 is 0 Å². The Kier molecular flexibility index (Phi) is 3.08. The van der Waals surface area contributed by atoms with Crippen LogP contribution >= 0.6 is 11.3 Å². The first-order chi connectivity index (χ1) is 6.54. The van der Waals surface area contributed by atoms with Gasteiger partial charge in [-0.25, -0.2) is 0 Å². The lowest BCUT2D eigenvalue weighted by atomic mass is 10.2. The van der Waals surface area contributed by atoms with Crippen LogP contribution in [0.2, 0.25) is 0 Å². The van der Waals surface area contributed by atoms with E-state index in [1.807, 2.05) is 0 Å². The van der Waals surface area contributed by atoms with Crippen molar-refractivity contribution in [3.8, 4) is 0 Å². The quantitative estimate of drug-likeness (QED) is 0.700. The molecule has 76 valence electrons. The summed E-state index contributed by atoms with van der Waals surface area (Å²) in [4.78, 5) is 22.4. The molecule has 0 saturated heterocycles. The fourth-order valence-corrected chi connectivity index (χ4v) is 1.87. The number of rotatable bonds is 3. The van der Waals surface area contributed by atoms with Crippen molar-refractivity contribution in [3.63, 3.8) is 0 Å². The summed E-state index contributed by atoms with van der Waals surface area (Å²) >= 11 is 1.16. The van der Waals surface area contributed by atoms with Gasteiger partial charge in [0.25, 0.3) is 5.91 Å². The van der Waals surface area contributed by atoms with E-state index in [1.165, 1.54) is 13.2 Å². The highest BCUT2D eigenvalue weighted by atomic mass is 32.1. The number of methoxy groups -OCH3 is 1. The van der Waals surface area contributed by atoms with Crippen molar-refractivity contribution in [3.05, 3.63) is 16.5 Å². The van der Waals surface area contributed by atoms with Crippen molar-refractivity contribution in [1.29, 1.82) is 0 Å². The van der Waals surface area contributed by atoms with Gasteiger partial charge in [0.15, 0.2) is 0 Å². The summed E-state index contributed by atoms with van der Waals surface area (Å²) in [5, 5.41) is 0.330. The second-order valence-electron chi connectivity index (χ2n) is 2.61. The molecule has 0 unspecified atom stereocenters. The molecule has 14 heavy (non-hydrogen) atoms. The lowest BCUT2D eigenvalue weighted by Crippen LogP contribution is -2.11. The van der Waals surface area contributed by atoms with Gasteiger partial charge in [-0.05, 0) is 6.07 Å². The molecule has 5 nitrogen and oxygen atoms in total. The van der Waals surface area contributed by atoms with E-state index in [9.17, 15) is 9.59 Å². The number of amides is 1. The predicted octanol–water partition coefficient (Wildman–Crippen LogP) is 0.145. The monoisotopic (exact) mass is 214 g/mol. The zero-order valence-corrected chi connectivity index (χ0v) is 8.39. The number of ether oxygens (including phenoxy) is 1. The molecule has 1 aromatic heterocycles. The normalized spacial score (nSPS) is 9.79. The molecule has 6 heteroatoms.